The number of nitrogen functional groups attached to an aromatic ring is 1. The van der Waals surface area contributed by atoms with Crippen molar-refractivity contribution in [2.75, 3.05) is 5.73 Å². The van der Waals surface area contributed by atoms with Gasteiger partial charge >= 0.3 is 0 Å². The highest BCUT2D eigenvalue weighted by Crippen LogP contribution is 2.33. The van der Waals surface area contributed by atoms with E-state index >= 15 is 0 Å². The Hall–Kier alpha value is -1.53. The van der Waals surface area contributed by atoms with Crippen LogP contribution in [0.4, 0.5) is 5.69 Å². The SMILES string of the molecule is Nc1cc(Br)ccc1-c1nc2nccnc2s1. The minimum Gasteiger partial charge on any atom is -0.398 e. The zero-order valence-corrected chi connectivity index (χ0v) is 11.0. The van der Waals surface area contributed by atoms with Gasteiger partial charge in [0.15, 0.2) is 10.5 Å². The molecular weight excluding hydrogens is 300 g/mol. The van der Waals surface area contributed by atoms with E-state index in [1.807, 2.05) is 18.2 Å². The van der Waals surface area contributed by atoms with Gasteiger partial charge in [-0.1, -0.05) is 27.3 Å². The molecule has 2 aromatic heterocycles. The highest BCUT2D eigenvalue weighted by atomic mass is 79.9. The van der Waals surface area contributed by atoms with Crippen molar-refractivity contribution in [2.24, 2.45) is 0 Å². The average molecular weight is 307 g/mol. The monoisotopic (exact) mass is 306 g/mol. The molecule has 3 rings (SSSR count). The number of nitrogens with zero attached hydrogens (tertiary/aromatic N) is 3. The first-order valence-corrected chi connectivity index (χ1v) is 6.48. The Bertz CT molecular complexity index is 662. The lowest BCUT2D eigenvalue weighted by atomic mass is 10.2. The third kappa shape index (κ3) is 1.89. The van der Waals surface area contributed by atoms with Crippen LogP contribution in [0.1, 0.15) is 0 Å². The molecule has 0 spiro atoms. The van der Waals surface area contributed by atoms with Crippen molar-refractivity contribution in [1.29, 1.82) is 0 Å². The maximum Gasteiger partial charge on any atom is 0.190 e. The van der Waals surface area contributed by atoms with E-state index in [4.69, 9.17) is 5.73 Å². The number of anilines is 1. The molecule has 0 aliphatic rings. The normalized spacial score (nSPS) is 10.9. The lowest BCUT2D eigenvalue weighted by Crippen LogP contribution is -1.89. The fourth-order valence-corrected chi connectivity index (χ4v) is 2.81. The summed E-state index contributed by atoms with van der Waals surface area (Å²) in [6.07, 6.45) is 3.30. The summed E-state index contributed by atoms with van der Waals surface area (Å²) in [7, 11) is 0. The second-order valence-electron chi connectivity index (χ2n) is 3.44. The molecule has 84 valence electrons. The number of rotatable bonds is 1. The van der Waals surface area contributed by atoms with Crippen molar-refractivity contribution >= 4 is 43.4 Å². The largest absolute Gasteiger partial charge is 0.398 e. The van der Waals surface area contributed by atoms with Crippen LogP contribution in [0.15, 0.2) is 35.1 Å². The topological polar surface area (TPSA) is 64.7 Å². The number of nitrogens with two attached hydrogens (primary N) is 1. The van der Waals surface area contributed by atoms with Gasteiger partial charge in [-0.15, -0.1) is 0 Å². The van der Waals surface area contributed by atoms with Gasteiger partial charge in [-0.05, 0) is 18.2 Å². The molecule has 0 unspecified atom stereocenters. The number of fused-ring (bicyclic) bond motifs is 1. The summed E-state index contributed by atoms with van der Waals surface area (Å²) in [5.41, 5.74) is 8.24. The molecule has 0 saturated carbocycles. The van der Waals surface area contributed by atoms with E-state index in [9.17, 15) is 0 Å². The van der Waals surface area contributed by atoms with Gasteiger partial charge in [-0.2, -0.15) is 0 Å². The van der Waals surface area contributed by atoms with Crippen LogP contribution in [-0.4, -0.2) is 15.0 Å². The lowest BCUT2D eigenvalue weighted by Gasteiger charge is -2.01. The Balaban J connectivity index is 2.20. The number of hydrogen-bond acceptors (Lipinski definition) is 5. The molecule has 3 aromatic rings. The molecule has 0 saturated heterocycles. The predicted molar refractivity (Wildman–Crippen MR) is 72.8 cm³/mol. The van der Waals surface area contributed by atoms with Crippen LogP contribution in [-0.2, 0) is 0 Å². The van der Waals surface area contributed by atoms with E-state index in [1.165, 1.54) is 11.3 Å². The molecule has 17 heavy (non-hydrogen) atoms. The summed E-state index contributed by atoms with van der Waals surface area (Å²) in [5.74, 6) is 0. The van der Waals surface area contributed by atoms with Crippen molar-refractivity contribution in [3.8, 4) is 10.6 Å². The van der Waals surface area contributed by atoms with Crippen LogP contribution in [0.5, 0.6) is 0 Å². The summed E-state index contributed by atoms with van der Waals surface area (Å²) in [4.78, 5) is 13.6. The van der Waals surface area contributed by atoms with Crippen molar-refractivity contribution in [3.05, 3.63) is 35.1 Å². The molecule has 0 aliphatic heterocycles. The van der Waals surface area contributed by atoms with Gasteiger partial charge in [0, 0.05) is 28.1 Å². The van der Waals surface area contributed by atoms with Crippen LogP contribution in [0.2, 0.25) is 0 Å². The smallest absolute Gasteiger partial charge is 0.190 e. The Kier molecular flexibility index (Phi) is 2.53. The standard InChI is InChI=1S/C11H7BrN4S/c12-6-1-2-7(8(13)5-6)10-16-9-11(17-10)15-4-3-14-9/h1-5H,13H2. The van der Waals surface area contributed by atoms with Gasteiger partial charge in [0.1, 0.15) is 5.01 Å². The fraction of sp³-hybridized carbons (Fsp3) is 0. The summed E-state index contributed by atoms with van der Waals surface area (Å²) < 4.78 is 0.955. The van der Waals surface area contributed by atoms with Crippen LogP contribution in [0.25, 0.3) is 21.0 Å². The summed E-state index contributed by atoms with van der Waals surface area (Å²) >= 11 is 4.87. The minimum absolute atomic E-state index is 0.662. The summed E-state index contributed by atoms with van der Waals surface area (Å²) in [6, 6.07) is 5.75. The average Bonchev–Trinajstić information content (AvgIpc) is 2.72. The first-order chi connectivity index (χ1) is 8.24. The molecular formula is C11H7BrN4S. The first kappa shape index (κ1) is 10.6. The third-order valence-electron chi connectivity index (χ3n) is 2.29. The fourth-order valence-electron chi connectivity index (χ4n) is 1.52. The quantitative estimate of drug-likeness (QED) is 0.702. The molecule has 0 fully saturated rings. The van der Waals surface area contributed by atoms with Crippen molar-refractivity contribution < 1.29 is 0 Å². The van der Waals surface area contributed by atoms with E-state index < -0.39 is 0 Å². The Labute approximate surface area is 110 Å². The zero-order chi connectivity index (χ0) is 11.8. The predicted octanol–water partition coefficient (Wildman–Crippen LogP) is 3.10. The molecule has 0 atom stereocenters. The van der Waals surface area contributed by atoms with Gasteiger partial charge in [-0.3, -0.25) is 0 Å². The molecule has 0 amide bonds. The van der Waals surface area contributed by atoms with Gasteiger partial charge in [0.05, 0.1) is 0 Å². The number of benzene rings is 1. The molecule has 2 heterocycles. The van der Waals surface area contributed by atoms with E-state index in [-0.39, 0.29) is 0 Å². The highest BCUT2D eigenvalue weighted by molar-refractivity contribution is 9.10. The maximum absolute atomic E-state index is 5.97. The highest BCUT2D eigenvalue weighted by Gasteiger charge is 2.10. The summed E-state index contributed by atoms with van der Waals surface area (Å²) in [6.45, 7) is 0. The van der Waals surface area contributed by atoms with Crippen molar-refractivity contribution in [2.45, 2.75) is 0 Å². The van der Waals surface area contributed by atoms with Gasteiger partial charge in [0.25, 0.3) is 0 Å². The van der Waals surface area contributed by atoms with Gasteiger partial charge in [-0.25, -0.2) is 15.0 Å². The summed E-state index contributed by atoms with van der Waals surface area (Å²) in [5, 5.41) is 0.844. The minimum atomic E-state index is 0.662. The number of thiazole rings is 1. The van der Waals surface area contributed by atoms with Crippen molar-refractivity contribution in [3.63, 3.8) is 0 Å². The molecule has 0 radical (unpaired) electrons. The van der Waals surface area contributed by atoms with E-state index in [0.717, 1.165) is 19.9 Å². The van der Waals surface area contributed by atoms with Crippen LogP contribution < -0.4 is 5.73 Å². The molecule has 0 aliphatic carbocycles. The first-order valence-electron chi connectivity index (χ1n) is 4.87. The van der Waals surface area contributed by atoms with Crippen LogP contribution >= 0.6 is 27.3 Å². The molecule has 0 bridgehead atoms. The number of aromatic nitrogens is 3. The number of halogens is 1. The molecule has 1 aromatic carbocycles. The van der Waals surface area contributed by atoms with Crippen LogP contribution in [0, 0.1) is 0 Å². The molecule has 2 N–H and O–H groups in total. The zero-order valence-electron chi connectivity index (χ0n) is 8.59. The number of hydrogen-bond donors (Lipinski definition) is 1. The third-order valence-corrected chi connectivity index (χ3v) is 3.77. The lowest BCUT2D eigenvalue weighted by molar-refractivity contribution is 1.26. The van der Waals surface area contributed by atoms with Crippen LogP contribution in [0.3, 0.4) is 0 Å². The second kappa shape index (κ2) is 4.05. The van der Waals surface area contributed by atoms with E-state index in [1.54, 1.807) is 12.4 Å². The van der Waals surface area contributed by atoms with Gasteiger partial charge in [0.2, 0.25) is 0 Å². The Morgan fingerprint density at radius 2 is 2.00 bits per heavy atom. The Morgan fingerprint density at radius 3 is 2.76 bits per heavy atom. The Morgan fingerprint density at radius 1 is 1.18 bits per heavy atom. The second-order valence-corrected chi connectivity index (χ2v) is 5.33. The van der Waals surface area contributed by atoms with Crippen molar-refractivity contribution in [1.82, 2.24) is 15.0 Å². The van der Waals surface area contributed by atoms with Gasteiger partial charge < -0.3 is 5.73 Å². The maximum atomic E-state index is 5.97. The molecule has 6 heteroatoms. The van der Waals surface area contributed by atoms with E-state index in [0.29, 0.717) is 11.3 Å². The molecule has 4 nitrogen and oxygen atoms in total. The van der Waals surface area contributed by atoms with E-state index in [2.05, 4.69) is 30.9 Å².